The maximum absolute atomic E-state index is 4.80. The van der Waals surface area contributed by atoms with Crippen LogP contribution in [0.25, 0.3) is 0 Å². The second-order valence-electron chi connectivity index (χ2n) is 5.16. The fourth-order valence-electron chi connectivity index (χ4n) is 2.20. The second-order valence-corrected chi connectivity index (χ2v) is 6.39. The smallest absolute Gasteiger partial charge is 0.137 e. The lowest BCUT2D eigenvalue weighted by atomic mass is 10.2. The highest BCUT2D eigenvalue weighted by Crippen LogP contribution is 2.27. The Morgan fingerprint density at radius 2 is 1.95 bits per heavy atom. The van der Waals surface area contributed by atoms with Crippen molar-refractivity contribution in [2.45, 2.75) is 33.6 Å². The van der Waals surface area contributed by atoms with Crippen molar-refractivity contribution in [3.63, 3.8) is 0 Å². The molecule has 0 unspecified atom stereocenters. The third-order valence-corrected chi connectivity index (χ3v) is 4.25. The van der Waals surface area contributed by atoms with Gasteiger partial charge in [0, 0.05) is 42.6 Å². The average Bonchev–Trinajstić information content (AvgIpc) is 2.42. The number of anilines is 2. The van der Waals surface area contributed by atoms with Crippen molar-refractivity contribution in [2.24, 2.45) is 0 Å². The summed E-state index contributed by atoms with van der Waals surface area (Å²) in [5.74, 6) is 5.80. The summed E-state index contributed by atoms with van der Waals surface area (Å²) >= 11 is 2.02. The van der Waals surface area contributed by atoms with E-state index in [0.29, 0.717) is 5.92 Å². The maximum atomic E-state index is 4.80. The van der Waals surface area contributed by atoms with Crippen LogP contribution in [0.5, 0.6) is 0 Å². The number of nitrogens with one attached hydrogen (secondary N) is 1. The quantitative estimate of drug-likeness (QED) is 0.918. The van der Waals surface area contributed by atoms with Gasteiger partial charge < -0.3 is 10.2 Å². The van der Waals surface area contributed by atoms with Gasteiger partial charge in [0.25, 0.3) is 0 Å². The second kappa shape index (κ2) is 6.46. The summed E-state index contributed by atoms with van der Waals surface area (Å²) in [5.41, 5.74) is 1.18. The summed E-state index contributed by atoms with van der Waals surface area (Å²) in [7, 11) is 0. The molecule has 0 atom stereocenters. The van der Waals surface area contributed by atoms with Crippen molar-refractivity contribution in [3.05, 3.63) is 11.4 Å². The Morgan fingerprint density at radius 1 is 1.26 bits per heavy atom. The molecule has 0 aliphatic carbocycles. The molecular formula is C14H24N4S. The van der Waals surface area contributed by atoms with E-state index in [-0.39, 0.29) is 0 Å². The molecule has 1 aliphatic heterocycles. The molecule has 0 bridgehead atoms. The summed E-state index contributed by atoms with van der Waals surface area (Å²) in [6, 6.07) is 0. The van der Waals surface area contributed by atoms with E-state index in [2.05, 4.69) is 42.9 Å². The Labute approximate surface area is 120 Å². The van der Waals surface area contributed by atoms with Gasteiger partial charge in [0.2, 0.25) is 0 Å². The SMILES string of the molecule is CCNc1nc(C(C)C)nc(N2CCSCC2)c1C. The fraction of sp³-hybridized carbons (Fsp3) is 0.714. The Morgan fingerprint density at radius 3 is 2.53 bits per heavy atom. The van der Waals surface area contributed by atoms with Crippen LogP contribution in [0.1, 0.15) is 38.1 Å². The van der Waals surface area contributed by atoms with Gasteiger partial charge in [-0.1, -0.05) is 13.8 Å². The summed E-state index contributed by atoms with van der Waals surface area (Å²) in [4.78, 5) is 11.9. The average molecular weight is 280 g/mol. The number of thioether (sulfide) groups is 1. The lowest BCUT2D eigenvalue weighted by Crippen LogP contribution is -2.34. The topological polar surface area (TPSA) is 41.1 Å². The highest BCUT2D eigenvalue weighted by molar-refractivity contribution is 7.99. The highest BCUT2D eigenvalue weighted by Gasteiger charge is 2.19. The van der Waals surface area contributed by atoms with Crippen LogP contribution in [0.15, 0.2) is 0 Å². The third kappa shape index (κ3) is 3.32. The number of hydrogen-bond donors (Lipinski definition) is 1. The summed E-state index contributed by atoms with van der Waals surface area (Å²) in [5, 5.41) is 3.37. The molecule has 1 N–H and O–H groups in total. The Kier molecular flexibility index (Phi) is 4.91. The lowest BCUT2D eigenvalue weighted by Gasteiger charge is -2.29. The molecule has 1 aromatic rings. The molecule has 19 heavy (non-hydrogen) atoms. The van der Waals surface area contributed by atoms with Gasteiger partial charge in [-0.05, 0) is 13.8 Å². The van der Waals surface area contributed by atoms with Crippen molar-refractivity contribution < 1.29 is 0 Å². The molecule has 1 aromatic heterocycles. The molecule has 0 spiro atoms. The Hall–Kier alpha value is -0.970. The van der Waals surface area contributed by atoms with Crippen LogP contribution in [-0.4, -0.2) is 41.1 Å². The van der Waals surface area contributed by atoms with Gasteiger partial charge in [-0.15, -0.1) is 0 Å². The highest BCUT2D eigenvalue weighted by atomic mass is 32.2. The molecule has 1 fully saturated rings. The first kappa shape index (κ1) is 14.4. The van der Waals surface area contributed by atoms with E-state index in [0.717, 1.165) is 37.1 Å². The Bertz CT molecular complexity index is 428. The van der Waals surface area contributed by atoms with Gasteiger partial charge in [0.05, 0.1) is 0 Å². The minimum atomic E-state index is 0.357. The number of nitrogens with zero attached hydrogens (tertiary/aromatic N) is 3. The first-order valence-corrected chi connectivity index (χ1v) is 8.24. The zero-order valence-electron chi connectivity index (χ0n) is 12.4. The van der Waals surface area contributed by atoms with Crippen molar-refractivity contribution in [1.82, 2.24) is 9.97 Å². The molecule has 2 heterocycles. The first-order chi connectivity index (χ1) is 9.13. The molecule has 0 aromatic carbocycles. The third-order valence-electron chi connectivity index (χ3n) is 3.31. The van der Waals surface area contributed by atoms with Crippen LogP contribution in [0.4, 0.5) is 11.6 Å². The lowest BCUT2D eigenvalue weighted by molar-refractivity contribution is 0.750. The van der Waals surface area contributed by atoms with Crippen molar-refractivity contribution >= 4 is 23.4 Å². The molecule has 4 nitrogen and oxygen atoms in total. The fourth-order valence-corrected chi connectivity index (χ4v) is 3.11. The predicted octanol–water partition coefficient (Wildman–Crippen LogP) is 2.89. The zero-order chi connectivity index (χ0) is 13.8. The van der Waals surface area contributed by atoms with Gasteiger partial charge in [-0.3, -0.25) is 0 Å². The molecule has 5 heteroatoms. The van der Waals surface area contributed by atoms with Crippen molar-refractivity contribution in [3.8, 4) is 0 Å². The van der Waals surface area contributed by atoms with Gasteiger partial charge >= 0.3 is 0 Å². The van der Waals surface area contributed by atoms with Crippen LogP contribution in [0, 0.1) is 6.92 Å². The Balaban J connectivity index is 2.38. The van der Waals surface area contributed by atoms with E-state index in [4.69, 9.17) is 4.98 Å². The minimum absolute atomic E-state index is 0.357. The van der Waals surface area contributed by atoms with E-state index < -0.39 is 0 Å². The van der Waals surface area contributed by atoms with E-state index in [1.54, 1.807) is 0 Å². The molecular weight excluding hydrogens is 256 g/mol. The van der Waals surface area contributed by atoms with Crippen LogP contribution in [-0.2, 0) is 0 Å². The van der Waals surface area contributed by atoms with Crippen LogP contribution in [0.3, 0.4) is 0 Å². The largest absolute Gasteiger partial charge is 0.370 e. The molecule has 0 saturated carbocycles. The number of rotatable bonds is 4. The summed E-state index contributed by atoms with van der Waals surface area (Å²) < 4.78 is 0. The first-order valence-electron chi connectivity index (χ1n) is 7.08. The normalized spacial score (nSPS) is 15.9. The number of hydrogen-bond acceptors (Lipinski definition) is 5. The van der Waals surface area contributed by atoms with Crippen LogP contribution < -0.4 is 10.2 Å². The van der Waals surface area contributed by atoms with Gasteiger partial charge in [0.1, 0.15) is 17.5 Å². The molecule has 2 rings (SSSR count). The van der Waals surface area contributed by atoms with Crippen LogP contribution in [0.2, 0.25) is 0 Å². The zero-order valence-corrected chi connectivity index (χ0v) is 13.2. The minimum Gasteiger partial charge on any atom is -0.370 e. The molecule has 0 amide bonds. The van der Waals surface area contributed by atoms with Crippen molar-refractivity contribution in [2.75, 3.05) is 41.4 Å². The van der Waals surface area contributed by atoms with E-state index in [9.17, 15) is 0 Å². The molecule has 0 radical (unpaired) electrons. The van der Waals surface area contributed by atoms with E-state index in [1.165, 1.54) is 17.1 Å². The monoisotopic (exact) mass is 280 g/mol. The van der Waals surface area contributed by atoms with E-state index in [1.807, 2.05) is 11.8 Å². The van der Waals surface area contributed by atoms with Crippen molar-refractivity contribution in [1.29, 1.82) is 0 Å². The molecule has 1 saturated heterocycles. The predicted molar refractivity (Wildman–Crippen MR) is 84.6 cm³/mol. The maximum Gasteiger partial charge on any atom is 0.137 e. The molecule has 106 valence electrons. The van der Waals surface area contributed by atoms with Gasteiger partial charge in [-0.25, -0.2) is 9.97 Å². The summed E-state index contributed by atoms with van der Waals surface area (Å²) in [6.07, 6.45) is 0. The van der Waals surface area contributed by atoms with Crippen LogP contribution >= 0.6 is 11.8 Å². The van der Waals surface area contributed by atoms with E-state index >= 15 is 0 Å². The van der Waals surface area contributed by atoms with Gasteiger partial charge in [0.15, 0.2) is 0 Å². The number of aromatic nitrogens is 2. The molecule has 1 aliphatic rings. The summed E-state index contributed by atoms with van der Waals surface area (Å²) in [6.45, 7) is 11.6. The standard InChI is InChI=1S/C14H24N4S/c1-5-15-13-11(4)14(17-12(16-13)10(2)3)18-6-8-19-9-7-18/h10H,5-9H2,1-4H3,(H,15,16,17). The van der Waals surface area contributed by atoms with Gasteiger partial charge in [-0.2, -0.15) is 11.8 Å².